The van der Waals surface area contributed by atoms with Crippen LogP contribution in [0.5, 0.6) is 0 Å². The lowest BCUT2D eigenvalue weighted by atomic mass is 10.0. The van der Waals surface area contributed by atoms with Crippen molar-refractivity contribution < 1.29 is 4.79 Å². The minimum atomic E-state index is 0.0280. The van der Waals surface area contributed by atoms with Crippen molar-refractivity contribution in [3.05, 3.63) is 20.2 Å². The van der Waals surface area contributed by atoms with E-state index in [1.165, 1.54) is 24.2 Å². The zero-order chi connectivity index (χ0) is 16.1. The maximum absolute atomic E-state index is 11.9. The summed E-state index contributed by atoms with van der Waals surface area (Å²) in [4.78, 5) is 27.2. The van der Waals surface area contributed by atoms with Gasteiger partial charge >= 0.3 is 4.87 Å². The van der Waals surface area contributed by atoms with E-state index < -0.39 is 0 Å². The van der Waals surface area contributed by atoms with Crippen LogP contribution < -0.4 is 10.2 Å². The molecule has 1 atom stereocenters. The number of likely N-dealkylation sites (tertiary alicyclic amines) is 1. The minimum Gasteiger partial charge on any atom is -0.355 e. The van der Waals surface area contributed by atoms with Crippen molar-refractivity contribution in [1.29, 1.82) is 0 Å². The second-order valence-electron chi connectivity index (χ2n) is 6.31. The number of carbonyl (C=O) groups is 1. The summed E-state index contributed by atoms with van der Waals surface area (Å²) in [6.07, 6.45) is 2.94. The van der Waals surface area contributed by atoms with E-state index in [4.69, 9.17) is 0 Å². The first kappa shape index (κ1) is 17.2. The Hall–Kier alpha value is -1.14. The van der Waals surface area contributed by atoms with E-state index in [2.05, 4.69) is 17.1 Å². The molecule has 0 saturated carbocycles. The highest BCUT2D eigenvalue weighted by Gasteiger charge is 2.16. The van der Waals surface area contributed by atoms with Crippen LogP contribution in [0, 0.1) is 19.8 Å². The van der Waals surface area contributed by atoms with Crippen LogP contribution >= 0.6 is 11.3 Å². The molecule has 1 aromatic heterocycles. The standard InChI is InChI=1S/C16H27N3O2S/c1-12-5-4-8-18(11-12)10-7-17-15(20)6-9-19-13(2)14(3)22-16(19)21/h12H,4-11H2,1-3H3,(H,17,20)/t12-/m1/s1. The average molecular weight is 325 g/mol. The summed E-state index contributed by atoms with van der Waals surface area (Å²) in [7, 11) is 0. The van der Waals surface area contributed by atoms with Gasteiger partial charge in [0.1, 0.15) is 0 Å². The largest absolute Gasteiger partial charge is 0.355 e. The van der Waals surface area contributed by atoms with Crippen LogP contribution in [-0.4, -0.2) is 41.6 Å². The van der Waals surface area contributed by atoms with E-state index >= 15 is 0 Å². The smallest absolute Gasteiger partial charge is 0.307 e. The number of hydrogen-bond donors (Lipinski definition) is 1. The van der Waals surface area contributed by atoms with Crippen molar-refractivity contribution >= 4 is 17.2 Å². The fraction of sp³-hybridized carbons (Fsp3) is 0.750. The molecule has 1 aliphatic heterocycles. The van der Waals surface area contributed by atoms with E-state index in [9.17, 15) is 9.59 Å². The molecule has 1 N–H and O–H groups in total. The summed E-state index contributed by atoms with van der Waals surface area (Å²) in [6, 6.07) is 0. The molecular formula is C16H27N3O2S. The molecule has 1 amide bonds. The van der Waals surface area contributed by atoms with Gasteiger partial charge in [-0.1, -0.05) is 18.3 Å². The van der Waals surface area contributed by atoms with E-state index in [0.717, 1.165) is 36.1 Å². The second kappa shape index (κ2) is 7.92. The molecule has 5 nitrogen and oxygen atoms in total. The predicted octanol–water partition coefficient (Wildman–Crippen LogP) is 1.76. The molecule has 0 aliphatic carbocycles. The highest BCUT2D eigenvalue weighted by Crippen LogP contribution is 2.14. The Morgan fingerprint density at radius 3 is 2.77 bits per heavy atom. The molecule has 0 aromatic carbocycles. The van der Waals surface area contributed by atoms with Crippen molar-refractivity contribution in [3.63, 3.8) is 0 Å². The number of thiazole rings is 1. The Morgan fingerprint density at radius 1 is 1.36 bits per heavy atom. The van der Waals surface area contributed by atoms with Crippen molar-refractivity contribution in [2.24, 2.45) is 5.92 Å². The van der Waals surface area contributed by atoms with E-state index in [0.29, 0.717) is 19.5 Å². The number of carbonyl (C=O) groups excluding carboxylic acids is 1. The molecular weight excluding hydrogens is 298 g/mol. The van der Waals surface area contributed by atoms with Crippen molar-refractivity contribution in [2.75, 3.05) is 26.2 Å². The first-order chi connectivity index (χ1) is 10.5. The van der Waals surface area contributed by atoms with Crippen molar-refractivity contribution in [3.8, 4) is 0 Å². The maximum atomic E-state index is 11.9. The third kappa shape index (κ3) is 4.68. The molecule has 1 saturated heterocycles. The van der Waals surface area contributed by atoms with Gasteiger partial charge in [-0.3, -0.25) is 9.59 Å². The van der Waals surface area contributed by atoms with Crippen LogP contribution in [0.25, 0.3) is 0 Å². The normalized spacial score (nSPS) is 19.3. The number of amides is 1. The van der Waals surface area contributed by atoms with Gasteiger partial charge in [-0.05, 0) is 39.2 Å². The maximum Gasteiger partial charge on any atom is 0.307 e. The molecule has 0 bridgehead atoms. The molecule has 124 valence electrons. The van der Waals surface area contributed by atoms with Crippen molar-refractivity contribution in [2.45, 2.75) is 46.6 Å². The van der Waals surface area contributed by atoms with Gasteiger partial charge in [0, 0.05) is 43.2 Å². The van der Waals surface area contributed by atoms with Gasteiger partial charge < -0.3 is 14.8 Å². The van der Waals surface area contributed by atoms with Crippen LogP contribution in [-0.2, 0) is 11.3 Å². The zero-order valence-electron chi connectivity index (χ0n) is 13.9. The number of nitrogens with one attached hydrogen (secondary N) is 1. The number of piperidine rings is 1. The number of rotatable bonds is 6. The third-order valence-corrected chi connectivity index (χ3v) is 5.43. The number of hydrogen-bond acceptors (Lipinski definition) is 4. The number of aryl methyl sites for hydroxylation is 1. The Labute approximate surface area is 136 Å². The summed E-state index contributed by atoms with van der Waals surface area (Å²) in [5.41, 5.74) is 0.977. The van der Waals surface area contributed by atoms with Gasteiger partial charge in [-0.25, -0.2) is 0 Å². The Morgan fingerprint density at radius 2 is 2.14 bits per heavy atom. The van der Waals surface area contributed by atoms with E-state index in [-0.39, 0.29) is 10.8 Å². The summed E-state index contributed by atoms with van der Waals surface area (Å²) in [5, 5.41) is 2.97. The summed E-state index contributed by atoms with van der Waals surface area (Å²) < 4.78 is 1.70. The molecule has 6 heteroatoms. The van der Waals surface area contributed by atoms with Gasteiger partial charge in [0.05, 0.1) is 0 Å². The summed E-state index contributed by atoms with van der Waals surface area (Å²) in [5.74, 6) is 0.793. The number of nitrogens with zero attached hydrogens (tertiary/aromatic N) is 2. The van der Waals surface area contributed by atoms with Crippen LogP contribution in [0.2, 0.25) is 0 Å². The third-order valence-electron chi connectivity index (χ3n) is 4.43. The monoisotopic (exact) mass is 325 g/mol. The molecule has 0 unspecified atom stereocenters. The Balaban J connectivity index is 1.69. The molecule has 1 aromatic rings. The predicted molar refractivity (Wildman–Crippen MR) is 90.5 cm³/mol. The zero-order valence-corrected chi connectivity index (χ0v) is 14.7. The molecule has 1 fully saturated rings. The van der Waals surface area contributed by atoms with Gasteiger partial charge in [0.25, 0.3) is 0 Å². The highest BCUT2D eigenvalue weighted by molar-refractivity contribution is 7.09. The topological polar surface area (TPSA) is 54.3 Å². The quantitative estimate of drug-likeness (QED) is 0.867. The second-order valence-corrected chi connectivity index (χ2v) is 7.47. The van der Waals surface area contributed by atoms with Gasteiger partial charge in [-0.2, -0.15) is 0 Å². The number of aromatic nitrogens is 1. The molecule has 0 radical (unpaired) electrons. The highest BCUT2D eigenvalue weighted by atomic mass is 32.1. The lowest BCUT2D eigenvalue weighted by Gasteiger charge is -2.30. The van der Waals surface area contributed by atoms with Crippen LogP contribution in [0.3, 0.4) is 0 Å². The first-order valence-electron chi connectivity index (χ1n) is 8.13. The molecule has 2 heterocycles. The summed E-state index contributed by atoms with van der Waals surface area (Å²) in [6.45, 7) is 10.5. The van der Waals surface area contributed by atoms with Gasteiger partial charge in [0.2, 0.25) is 5.91 Å². The first-order valence-corrected chi connectivity index (χ1v) is 8.95. The summed E-state index contributed by atoms with van der Waals surface area (Å²) >= 11 is 1.25. The average Bonchev–Trinajstić information content (AvgIpc) is 2.70. The van der Waals surface area contributed by atoms with E-state index in [1.54, 1.807) is 4.57 Å². The minimum absolute atomic E-state index is 0.0280. The fourth-order valence-electron chi connectivity index (χ4n) is 2.99. The Kier molecular flexibility index (Phi) is 6.20. The lowest BCUT2D eigenvalue weighted by Crippen LogP contribution is -2.40. The Bertz CT molecular complexity index is 564. The van der Waals surface area contributed by atoms with Crippen LogP contribution in [0.15, 0.2) is 4.79 Å². The van der Waals surface area contributed by atoms with Crippen molar-refractivity contribution in [1.82, 2.24) is 14.8 Å². The molecule has 0 spiro atoms. The van der Waals surface area contributed by atoms with E-state index in [1.807, 2.05) is 13.8 Å². The molecule has 1 aliphatic rings. The SMILES string of the molecule is Cc1sc(=O)n(CCC(=O)NCCN2CCC[C@@H](C)C2)c1C. The fourth-order valence-corrected chi connectivity index (χ4v) is 3.85. The lowest BCUT2D eigenvalue weighted by molar-refractivity contribution is -0.121. The van der Waals surface area contributed by atoms with Gasteiger partial charge in [0.15, 0.2) is 0 Å². The molecule has 2 rings (SSSR count). The van der Waals surface area contributed by atoms with Crippen LogP contribution in [0.1, 0.15) is 36.8 Å². The van der Waals surface area contributed by atoms with Crippen LogP contribution in [0.4, 0.5) is 0 Å². The van der Waals surface area contributed by atoms with Gasteiger partial charge in [-0.15, -0.1) is 0 Å². The molecule has 22 heavy (non-hydrogen) atoms.